The molecule has 1 heterocycles. The number of hydrogen-bond acceptors (Lipinski definition) is 4. The van der Waals surface area contributed by atoms with Gasteiger partial charge in [0.15, 0.2) is 0 Å². The third-order valence-electron chi connectivity index (χ3n) is 2.94. The first-order valence-corrected chi connectivity index (χ1v) is 7.48. The SMILES string of the molecule is CC(=CCC1CO1)C(=O)O.Oc1ccccc1.Oc1ccccc1. The Morgan fingerprint density at radius 1 is 1.04 bits per heavy atom. The molecule has 0 radical (unpaired) electrons. The van der Waals surface area contributed by atoms with E-state index in [1.54, 1.807) is 61.5 Å². The van der Waals surface area contributed by atoms with Crippen molar-refractivity contribution in [1.29, 1.82) is 0 Å². The van der Waals surface area contributed by atoms with Crippen LogP contribution in [0.4, 0.5) is 0 Å². The molecule has 3 N–H and O–H groups in total. The van der Waals surface area contributed by atoms with Gasteiger partial charge in [-0.3, -0.25) is 0 Å². The summed E-state index contributed by atoms with van der Waals surface area (Å²) in [5.74, 6) is -0.203. The molecule has 0 saturated carbocycles. The number of aromatic hydroxyl groups is 2. The Bertz CT molecular complexity index is 581. The van der Waals surface area contributed by atoms with Crippen LogP contribution < -0.4 is 0 Å². The smallest absolute Gasteiger partial charge is 0.330 e. The number of carboxylic acids is 1. The van der Waals surface area contributed by atoms with Gasteiger partial charge < -0.3 is 20.1 Å². The van der Waals surface area contributed by atoms with E-state index in [-0.39, 0.29) is 6.10 Å². The van der Waals surface area contributed by atoms with E-state index in [0.29, 0.717) is 17.1 Å². The molecule has 2 aromatic carbocycles. The van der Waals surface area contributed by atoms with Crippen molar-refractivity contribution in [2.24, 2.45) is 0 Å². The van der Waals surface area contributed by atoms with Crippen LogP contribution >= 0.6 is 0 Å². The molecule has 128 valence electrons. The van der Waals surface area contributed by atoms with Crippen molar-refractivity contribution in [3.05, 3.63) is 72.3 Å². The summed E-state index contributed by atoms with van der Waals surface area (Å²) in [6.07, 6.45) is 2.72. The highest BCUT2D eigenvalue weighted by atomic mass is 16.6. The number of ether oxygens (including phenoxy) is 1. The molecule has 1 aliphatic rings. The highest BCUT2D eigenvalue weighted by Gasteiger charge is 2.20. The molecule has 0 aromatic heterocycles. The summed E-state index contributed by atoms with van der Waals surface area (Å²) in [5, 5.41) is 25.7. The van der Waals surface area contributed by atoms with Gasteiger partial charge in [0.25, 0.3) is 0 Å². The van der Waals surface area contributed by atoms with E-state index in [9.17, 15) is 4.79 Å². The number of carbonyl (C=O) groups is 1. The minimum atomic E-state index is -0.847. The number of rotatable bonds is 3. The second-order valence-electron chi connectivity index (χ2n) is 5.05. The van der Waals surface area contributed by atoms with Crippen molar-refractivity contribution in [2.45, 2.75) is 19.4 Å². The van der Waals surface area contributed by atoms with Crippen molar-refractivity contribution in [3.8, 4) is 11.5 Å². The lowest BCUT2D eigenvalue weighted by Gasteiger charge is -1.89. The van der Waals surface area contributed by atoms with Gasteiger partial charge >= 0.3 is 5.97 Å². The standard InChI is InChI=1S/C7H10O3.2C6H6O/c1-5(7(8)9)2-3-6-4-10-6;2*7-6-4-2-1-3-5-6/h2,6H,3-4H2,1H3,(H,8,9);2*1-5,7H. The summed E-state index contributed by atoms with van der Waals surface area (Å²) in [6.45, 7) is 2.37. The molecule has 1 atom stereocenters. The fourth-order valence-electron chi connectivity index (χ4n) is 1.46. The molecule has 0 amide bonds. The van der Waals surface area contributed by atoms with Gasteiger partial charge in [0, 0.05) is 5.57 Å². The van der Waals surface area contributed by atoms with E-state index < -0.39 is 5.97 Å². The predicted octanol–water partition coefficient (Wildman–Crippen LogP) is 3.59. The third kappa shape index (κ3) is 10.0. The molecule has 3 rings (SSSR count). The van der Waals surface area contributed by atoms with Gasteiger partial charge in [-0.1, -0.05) is 42.5 Å². The van der Waals surface area contributed by atoms with Gasteiger partial charge in [0.2, 0.25) is 0 Å². The Labute approximate surface area is 141 Å². The Balaban J connectivity index is 0.000000185. The number of phenolic OH excluding ortho intramolecular Hbond substituents is 2. The van der Waals surface area contributed by atoms with Crippen LogP contribution in [-0.2, 0) is 9.53 Å². The van der Waals surface area contributed by atoms with Gasteiger partial charge in [-0.05, 0) is 37.6 Å². The van der Waals surface area contributed by atoms with E-state index in [2.05, 4.69) is 0 Å². The van der Waals surface area contributed by atoms with Crippen LogP contribution in [0.15, 0.2) is 72.3 Å². The van der Waals surface area contributed by atoms with Crippen LogP contribution in [0.3, 0.4) is 0 Å². The average molecular weight is 330 g/mol. The quantitative estimate of drug-likeness (QED) is 0.591. The molecule has 5 heteroatoms. The van der Waals surface area contributed by atoms with E-state index >= 15 is 0 Å². The molecule has 5 nitrogen and oxygen atoms in total. The van der Waals surface area contributed by atoms with E-state index in [1.165, 1.54) is 0 Å². The maximum absolute atomic E-state index is 10.2. The lowest BCUT2D eigenvalue weighted by Crippen LogP contribution is -1.96. The second kappa shape index (κ2) is 10.9. The van der Waals surface area contributed by atoms with Crippen LogP contribution in [0.25, 0.3) is 0 Å². The first kappa shape index (κ1) is 19.3. The Morgan fingerprint density at radius 3 is 1.71 bits per heavy atom. The zero-order chi connectivity index (χ0) is 17.8. The van der Waals surface area contributed by atoms with Crippen LogP contribution in [0, 0.1) is 0 Å². The monoisotopic (exact) mass is 330 g/mol. The number of para-hydroxylation sites is 2. The predicted molar refractivity (Wildman–Crippen MR) is 92.0 cm³/mol. The van der Waals surface area contributed by atoms with Crippen molar-refractivity contribution in [2.75, 3.05) is 6.61 Å². The maximum Gasteiger partial charge on any atom is 0.330 e. The minimum Gasteiger partial charge on any atom is -0.508 e. The zero-order valence-corrected chi connectivity index (χ0v) is 13.5. The fraction of sp³-hybridized carbons (Fsp3) is 0.211. The number of epoxide rings is 1. The van der Waals surface area contributed by atoms with Gasteiger partial charge in [0.05, 0.1) is 12.7 Å². The van der Waals surface area contributed by atoms with Crippen LogP contribution in [-0.4, -0.2) is 34.0 Å². The summed E-state index contributed by atoms with van der Waals surface area (Å²) in [5.41, 5.74) is 0.399. The molecular weight excluding hydrogens is 308 g/mol. The maximum atomic E-state index is 10.2. The summed E-state index contributed by atoms with van der Waals surface area (Å²) < 4.78 is 4.90. The number of benzene rings is 2. The van der Waals surface area contributed by atoms with Crippen molar-refractivity contribution in [3.63, 3.8) is 0 Å². The Morgan fingerprint density at radius 2 is 1.46 bits per heavy atom. The Kier molecular flexibility index (Phi) is 8.71. The van der Waals surface area contributed by atoms with Crippen molar-refractivity contribution < 1.29 is 24.9 Å². The minimum absolute atomic E-state index is 0.286. The highest BCUT2D eigenvalue weighted by Crippen LogP contribution is 2.14. The Hall–Kier alpha value is -2.79. The van der Waals surface area contributed by atoms with E-state index in [4.69, 9.17) is 20.1 Å². The first-order chi connectivity index (χ1) is 11.5. The fourth-order valence-corrected chi connectivity index (χ4v) is 1.46. The van der Waals surface area contributed by atoms with E-state index in [0.717, 1.165) is 13.0 Å². The molecule has 0 spiro atoms. The summed E-state index contributed by atoms with van der Waals surface area (Å²) in [4.78, 5) is 10.2. The second-order valence-corrected chi connectivity index (χ2v) is 5.05. The normalized spacial score (nSPS) is 15.2. The largest absolute Gasteiger partial charge is 0.508 e. The molecule has 1 unspecified atom stereocenters. The zero-order valence-electron chi connectivity index (χ0n) is 13.5. The van der Waals surface area contributed by atoms with Crippen molar-refractivity contribution in [1.82, 2.24) is 0 Å². The van der Waals surface area contributed by atoms with Crippen LogP contribution in [0.1, 0.15) is 13.3 Å². The topological polar surface area (TPSA) is 90.3 Å². The summed E-state index contributed by atoms with van der Waals surface area (Å²) in [7, 11) is 0. The highest BCUT2D eigenvalue weighted by molar-refractivity contribution is 5.85. The molecule has 1 saturated heterocycles. The summed E-state index contributed by atoms with van der Waals surface area (Å²) in [6, 6.07) is 17.4. The number of hydrogen-bond donors (Lipinski definition) is 3. The van der Waals surface area contributed by atoms with Crippen LogP contribution in [0.2, 0.25) is 0 Å². The molecule has 0 aliphatic carbocycles. The lowest BCUT2D eigenvalue weighted by atomic mass is 10.2. The molecule has 0 bridgehead atoms. The number of carboxylic acid groups (broad SMARTS) is 1. The van der Waals surface area contributed by atoms with E-state index in [1.807, 2.05) is 12.1 Å². The third-order valence-corrected chi connectivity index (χ3v) is 2.94. The summed E-state index contributed by atoms with van der Waals surface area (Å²) >= 11 is 0. The van der Waals surface area contributed by atoms with Crippen molar-refractivity contribution >= 4 is 5.97 Å². The molecular formula is C19H22O5. The number of phenols is 2. The first-order valence-electron chi connectivity index (χ1n) is 7.48. The molecule has 1 aliphatic heterocycles. The van der Waals surface area contributed by atoms with Gasteiger partial charge in [-0.25, -0.2) is 4.79 Å². The number of aliphatic carboxylic acids is 1. The molecule has 2 aromatic rings. The lowest BCUT2D eigenvalue weighted by molar-refractivity contribution is -0.132. The average Bonchev–Trinajstić information content (AvgIpc) is 3.39. The molecule has 24 heavy (non-hydrogen) atoms. The van der Waals surface area contributed by atoms with Gasteiger partial charge in [-0.15, -0.1) is 0 Å². The van der Waals surface area contributed by atoms with Gasteiger partial charge in [0.1, 0.15) is 11.5 Å². The van der Waals surface area contributed by atoms with Gasteiger partial charge in [-0.2, -0.15) is 0 Å². The molecule has 1 fully saturated rings. The van der Waals surface area contributed by atoms with Crippen LogP contribution in [0.5, 0.6) is 11.5 Å².